The number of nitrogens with zero attached hydrogens (tertiary/aromatic N) is 1. The third kappa shape index (κ3) is 4.64. The summed E-state index contributed by atoms with van der Waals surface area (Å²) in [7, 11) is 0. The van der Waals surface area contributed by atoms with Crippen LogP contribution >= 0.6 is 27.3 Å². The van der Waals surface area contributed by atoms with Crippen molar-refractivity contribution in [3.05, 3.63) is 63.6 Å². The normalized spacial score (nSPS) is 10.6. The van der Waals surface area contributed by atoms with Crippen LogP contribution in [-0.4, -0.2) is 23.4 Å². The molecule has 7 heteroatoms. The highest BCUT2D eigenvalue weighted by molar-refractivity contribution is 9.10. The molecule has 0 radical (unpaired) electrons. The maximum atomic E-state index is 12.2. The highest BCUT2D eigenvalue weighted by atomic mass is 79.9. The van der Waals surface area contributed by atoms with E-state index in [9.17, 15) is 9.59 Å². The minimum atomic E-state index is -0.343. The Morgan fingerprint density at radius 1 is 1.20 bits per heavy atom. The molecule has 0 aliphatic heterocycles. The second-order valence-electron chi connectivity index (χ2n) is 5.27. The molecule has 25 heavy (non-hydrogen) atoms. The van der Waals surface area contributed by atoms with Gasteiger partial charge in [0.1, 0.15) is 6.61 Å². The summed E-state index contributed by atoms with van der Waals surface area (Å²) in [6.07, 6.45) is 1.81. The number of fused-ring (bicyclic) bond motifs is 1. The molecule has 0 fully saturated rings. The predicted octanol–water partition coefficient (Wildman–Crippen LogP) is 3.92. The van der Waals surface area contributed by atoms with Crippen molar-refractivity contribution in [3.63, 3.8) is 0 Å². The fraction of sp³-hybridized carbons (Fsp3) is 0.167. The Morgan fingerprint density at radius 2 is 2.00 bits per heavy atom. The van der Waals surface area contributed by atoms with Gasteiger partial charge in [0.15, 0.2) is 0 Å². The summed E-state index contributed by atoms with van der Waals surface area (Å²) in [6.45, 7) is 0.471. The van der Waals surface area contributed by atoms with Crippen molar-refractivity contribution in [3.8, 4) is 0 Å². The van der Waals surface area contributed by atoms with Gasteiger partial charge in [-0.25, -0.2) is 0 Å². The van der Waals surface area contributed by atoms with Crippen LogP contribution in [-0.2, 0) is 16.1 Å². The number of aromatic nitrogens is 1. The van der Waals surface area contributed by atoms with E-state index >= 15 is 0 Å². The largest absolute Gasteiger partial charge is 0.461 e. The molecule has 3 aromatic rings. The Bertz CT molecular complexity index is 896. The lowest BCUT2D eigenvalue weighted by Gasteiger charge is -2.05. The SMILES string of the molecule is O=C(CCNC(=O)c1cc2nccc(Br)c2s1)OCc1ccccc1. The van der Waals surface area contributed by atoms with Crippen molar-refractivity contribution in [1.82, 2.24) is 10.3 Å². The van der Waals surface area contributed by atoms with Gasteiger partial charge in [0.05, 0.1) is 21.5 Å². The number of hydrogen-bond donors (Lipinski definition) is 1. The average molecular weight is 419 g/mol. The second-order valence-corrected chi connectivity index (χ2v) is 7.18. The molecule has 2 heterocycles. The Balaban J connectivity index is 1.47. The third-order valence-corrected chi connectivity index (χ3v) is 5.52. The second kappa shape index (κ2) is 8.22. The highest BCUT2D eigenvalue weighted by Gasteiger charge is 2.13. The van der Waals surface area contributed by atoms with Gasteiger partial charge < -0.3 is 10.1 Å². The lowest BCUT2D eigenvalue weighted by atomic mass is 10.2. The van der Waals surface area contributed by atoms with Crippen LogP contribution in [0.2, 0.25) is 0 Å². The number of nitrogens with one attached hydrogen (secondary N) is 1. The third-order valence-electron chi connectivity index (χ3n) is 3.44. The molecule has 128 valence electrons. The topological polar surface area (TPSA) is 68.3 Å². The van der Waals surface area contributed by atoms with E-state index in [-0.39, 0.29) is 31.4 Å². The summed E-state index contributed by atoms with van der Waals surface area (Å²) in [5.41, 5.74) is 1.70. The van der Waals surface area contributed by atoms with Gasteiger partial charge in [-0.05, 0) is 33.6 Å². The van der Waals surface area contributed by atoms with E-state index in [1.54, 1.807) is 12.3 Å². The van der Waals surface area contributed by atoms with Crippen LogP contribution in [0.3, 0.4) is 0 Å². The first-order valence-electron chi connectivity index (χ1n) is 7.65. The number of esters is 1. The maximum Gasteiger partial charge on any atom is 0.307 e. The summed E-state index contributed by atoms with van der Waals surface area (Å²) in [6, 6.07) is 13.1. The number of thiophene rings is 1. The minimum absolute atomic E-state index is 0.130. The number of amides is 1. The number of benzene rings is 1. The van der Waals surface area contributed by atoms with Crippen molar-refractivity contribution in [1.29, 1.82) is 0 Å². The Morgan fingerprint density at radius 3 is 2.76 bits per heavy atom. The Hall–Kier alpha value is -2.25. The first-order chi connectivity index (χ1) is 12.1. The standard InChI is InChI=1S/C18H15BrN2O3S/c19-13-6-8-20-14-10-15(25-17(13)14)18(23)21-9-7-16(22)24-11-12-4-2-1-3-5-12/h1-6,8,10H,7,9,11H2,(H,21,23). The van der Waals surface area contributed by atoms with Gasteiger partial charge >= 0.3 is 5.97 Å². The maximum absolute atomic E-state index is 12.2. The molecule has 2 aromatic heterocycles. The fourth-order valence-electron chi connectivity index (χ4n) is 2.19. The van der Waals surface area contributed by atoms with E-state index in [2.05, 4.69) is 26.2 Å². The summed E-state index contributed by atoms with van der Waals surface area (Å²) >= 11 is 4.81. The lowest BCUT2D eigenvalue weighted by Crippen LogP contribution is -2.25. The van der Waals surface area contributed by atoms with E-state index < -0.39 is 0 Å². The molecule has 1 aromatic carbocycles. The molecular formula is C18H15BrN2O3S. The predicted molar refractivity (Wildman–Crippen MR) is 101 cm³/mol. The number of carbonyl (C=O) groups is 2. The smallest absolute Gasteiger partial charge is 0.307 e. The van der Waals surface area contributed by atoms with Crippen molar-refractivity contribution in [2.24, 2.45) is 0 Å². The molecule has 0 aliphatic carbocycles. The van der Waals surface area contributed by atoms with Gasteiger partial charge in [0.2, 0.25) is 0 Å². The molecular weight excluding hydrogens is 404 g/mol. The van der Waals surface area contributed by atoms with Crippen LogP contribution in [0, 0.1) is 0 Å². The zero-order valence-corrected chi connectivity index (χ0v) is 15.6. The van der Waals surface area contributed by atoms with E-state index in [1.165, 1.54) is 11.3 Å². The van der Waals surface area contributed by atoms with E-state index in [0.717, 1.165) is 20.3 Å². The summed E-state index contributed by atoms with van der Waals surface area (Å²) < 4.78 is 7.01. The van der Waals surface area contributed by atoms with Gasteiger partial charge in [-0.3, -0.25) is 14.6 Å². The van der Waals surface area contributed by atoms with Crippen LogP contribution in [0.15, 0.2) is 53.1 Å². The van der Waals surface area contributed by atoms with E-state index in [0.29, 0.717) is 4.88 Å². The number of pyridine rings is 1. The fourth-order valence-corrected chi connectivity index (χ4v) is 3.70. The van der Waals surface area contributed by atoms with Gasteiger partial charge in [-0.1, -0.05) is 30.3 Å². The number of ether oxygens (including phenoxy) is 1. The molecule has 0 saturated heterocycles. The van der Waals surface area contributed by atoms with Crippen LogP contribution < -0.4 is 5.32 Å². The molecule has 5 nitrogen and oxygen atoms in total. The Labute approximate surface area is 157 Å². The molecule has 0 unspecified atom stereocenters. The summed E-state index contributed by atoms with van der Waals surface area (Å²) in [5.74, 6) is -0.560. The van der Waals surface area contributed by atoms with Gasteiger partial charge in [-0.15, -0.1) is 11.3 Å². The zero-order valence-electron chi connectivity index (χ0n) is 13.2. The van der Waals surface area contributed by atoms with E-state index in [1.807, 2.05) is 36.4 Å². The minimum Gasteiger partial charge on any atom is -0.461 e. The molecule has 0 bridgehead atoms. The number of rotatable bonds is 6. The summed E-state index contributed by atoms with van der Waals surface area (Å²) in [5, 5.41) is 2.74. The van der Waals surface area contributed by atoms with Crippen LogP contribution in [0.25, 0.3) is 10.2 Å². The Kier molecular flexibility index (Phi) is 5.78. The van der Waals surface area contributed by atoms with Gasteiger partial charge in [0.25, 0.3) is 5.91 Å². The number of hydrogen-bond acceptors (Lipinski definition) is 5. The molecule has 0 saturated carbocycles. The molecule has 0 aliphatic rings. The van der Waals surface area contributed by atoms with Crippen LogP contribution in [0.4, 0.5) is 0 Å². The molecule has 0 spiro atoms. The van der Waals surface area contributed by atoms with Crippen molar-refractivity contribution in [2.75, 3.05) is 6.54 Å². The first kappa shape index (κ1) is 17.6. The van der Waals surface area contributed by atoms with Crippen molar-refractivity contribution < 1.29 is 14.3 Å². The molecule has 1 amide bonds. The van der Waals surface area contributed by atoms with Crippen molar-refractivity contribution in [2.45, 2.75) is 13.0 Å². The molecule has 3 rings (SSSR count). The monoisotopic (exact) mass is 418 g/mol. The average Bonchev–Trinajstić information content (AvgIpc) is 3.07. The number of carbonyl (C=O) groups excluding carboxylic acids is 2. The molecule has 1 N–H and O–H groups in total. The zero-order chi connectivity index (χ0) is 17.6. The summed E-state index contributed by atoms with van der Waals surface area (Å²) in [4.78, 5) is 28.7. The highest BCUT2D eigenvalue weighted by Crippen LogP contribution is 2.30. The first-order valence-corrected chi connectivity index (χ1v) is 9.26. The number of halogens is 1. The van der Waals surface area contributed by atoms with E-state index in [4.69, 9.17) is 4.74 Å². The lowest BCUT2D eigenvalue weighted by molar-refractivity contribution is -0.144. The van der Waals surface area contributed by atoms with Gasteiger partial charge in [0, 0.05) is 17.2 Å². The van der Waals surface area contributed by atoms with Crippen LogP contribution in [0.5, 0.6) is 0 Å². The molecule has 0 atom stereocenters. The van der Waals surface area contributed by atoms with Gasteiger partial charge in [-0.2, -0.15) is 0 Å². The van der Waals surface area contributed by atoms with Crippen LogP contribution in [0.1, 0.15) is 21.7 Å². The quantitative estimate of drug-likeness (QED) is 0.615. The van der Waals surface area contributed by atoms with Crippen molar-refractivity contribution >= 4 is 49.4 Å².